The summed E-state index contributed by atoms with van der Waals surface area (Å²) in [7, 11) is -3.39. The zero-order valence-electron chi connectivity index (χ0n) is 15.8. The minimum absolute atomic E-state index is 0.155. The lowest BCUT2D eigenvalue weighted by Crippen LogP contribution is -2.09. The highest BCUT2D eigenvalue weighted by atomic mass is 32.2. The summed E-state index contributed by atoms with van der Waals surface area (Å²) in [6.07, 6.45) is 4.21. The highest BCUT2D eigenvalue weighted by molar-refractivity contribution is 7.92. The average Bonchev–Trinajstić information content (AvgIpc) is 3.11. The van der Waals surface area contributed by atoms with E-state index in [9.17, 15) is 13.2 Å². The van der Waals surface area contributed by atoms with E-state index in [0.29, 0.717) is 28.2 Å². The van der Waals surface area contributed by atoms with Crippen molar-refractivity contribution >= 4 is 27.1 Å². The van der Waals surface area contributed by atoms with Gasteiger partial charge in [-0.05, 0) is 25.1 Å². The van der Waals surface area contributed by atoms with Crippen molar-refractivity contribution in [1.29, 1.82) is 0 Å². The van der Waals surface area contributed by atoms with E-state index in [0.717, 1.165) is 17.4 Å². The Labute approximate surface area is 168 Å². The maximum absolute atomic E-state index is 12.9. The van der Waals surface area contributed by atoms with Gasteiger partial charge >= 0.3 is 0 Å². The Kier molecular flexibility index (Phi) is 4.63. The third-order valence-corrected chi connectivity index (χ3v) is 5.03. The summed E-state index contributed by atoms with van der Waals surface area (Å²) in [5, 5.41) is 4.36. The van der Waals surface area contributed by atoms with Crippen LogP contribution in [0.15, 0.2) is 67.0 Å². The van der Waals surface area contributed by atoms with Gasteiger partial charge in [-0.3, -0.25) is 9.52 Å². The highest BCUT2D eigenvalue weighted by Crippen LogP contribution is 2.25. The maximum atomic E-state index is 12.9. The first-order chi connectivity index (χ1) is 13.8. The van der Waals surface area contributed by atoms with Crippen molar-refractivity contribution in [2.45, 2.75) is 6.92 Å². The lowest BCUT2D eigenvalue weighted by molar-refractivity contribution is 0.104. The van der Waals surface area contributed by atoms with Gasteiger partial charge in [0, 0.05) is 23.0 Å². The molecule has 0 amide bonds. The van der Waals surface area contributed by atoms with Crippen molar-refractivity contribution in [3.05, 3.63) is 83.7 Å². The molecule has 2 aromatic carbocycles. The summed E-state index contributed by atoms with van der Waals surface area (Å²) in [5.74, 6) is -0.155. The second kappa shape index (κ2) is 7.14. The first kappa shape index (κ1) is 18.8. The number of carbonyl (C=O) groups excluding carboxylic acids is 1. The number of aryl methyl sites for hydroxylation is 1. The molecule has 8 heteroatoms. The lowest BCUT2D eigenvalue weighted by Gasteiger charge is -2.08. The van der Waals surface area contributed by atoms with Crippen LogP contribution in [0, 0.1) is 6.92 Å². The van der Waals surface area contributed by atoms with Gasteiger partial charge in [-0.15, -0.1) is 0 Å². The number of anilines is 1. The minimum atomic E-state index is -3.39. The van der Waals surface area contributed by atoms with E-state index in [-0.39, 0.29) is 5.78 Å². The fourth-order valence-electron chi connectivity index (χ4n) is 3.09. The van der Waals surface area contributed by atoms with Crippen molar-refractivity contribution in [3.63, 3.8) is 0 Å². The van der Waals surface area contributed by atoms with Gasteiger partial charge in [0.05, 0.1) is 23.7 Å². The van der Waals surface area contributed by atoms with Gasteiger partial charge in [-0.2, -0.15) is 5.10 Å². The quantitative estimate of drug-likeness (QED) is 0.513. The van der Waals surface area contributed by atoms with Gasteiger partial charge in [0.1, 0.15) is 0 Å². The number of hydrogen-bond acceptors (Lipinski definition) is 5. The van der Waals surface area contributed by atoms with Gasteiger partial charge in [-0.1, -0.05) is 42.0 Å². The molecule has 0 aliphatic heterocycles. The molecule has 2 aromatic heterocycles. The Bertz CT molecular complexity index is 1330. The number of nitrogens with one attached hydrogen (secondary N) is 1. The summed E-state index contributed by atoms with van der Waals surface area (Å²) in [5.41, 5.74) is 4.36. The van der Waals surface area contributed by atoms with Crippen molar-refractivity contribution in [3.8, 4) is 11.3 Å². The molecular formula is C21H18N4O3S. The molecule has 0 aliphatic rings. The molecule has 0 atom stereocenters. The molecule has 0 radical (unpaired) electrons. The average molecular weight is 406 g/mol. The van der Waals surface area contributed by atoms with E-state index in [1.54, 1.807) is 47.1 Å². The zero-order chi connectivity index (χ0) is 20.6. The fourth-order valence-corrected chi connectivity index (χ4v) is 3.64. The van der Waals surface area contributed by atoms with Gasteiger partial charge in [0.15, 0.2) is 11.4 Å². The summed E-state index contributed by atoms with van der Waals surface area (Å²) in [6.45, 7) is 1.96. The number of aromatic nitrogens is 3. The first-order valence-corrected chi connectivity index (χ1v) is 10.7. The van der Waals surface area contributed by atoms with Crippen molar-refractivity contribution < 1.29 is 13.2 Å². The number of benzene rings is 2. The van der Waals surface area contributed by atoms with Crippen LogP contribution < -0.4 is 4.72 Å². The Balaban J connectivity index is 1.78. The smallest absolute Gasteiger partial charge is 0.229 e. The summed E-state index contributed by atoms with van der Waals surface area (Å²) in [6, 6.07) is 16.1. The van der Waals surface area contributed by atoms with Crippen LogP contribution in [0.25, 0.3) is 16.9 Å². The minimum Gasteiger partial charge on any atom is -0.288 e. The molecule has 7 nitrogen and oxygen atoms in total. The molecule has 0 bridgehead atoms. The van der Waals surface area contributed by atoms with Crippen LogP contribution in [0.3, 0.4) is 0 Å². The lowest BCUT2D eigenvalue weighted by atomic mass is 10.0. The molecule has 0 spiro atoms. The summed E-state index contributed by atoms with van der Waals surface area (Å²) in [4.78, 5) is 17.3. The Hall–Kier alpha value is -3.52. The van der Waals surface area contributed by atoms with Crippen molar-refractivity contribution in [2.24, 2.45) is 0 Å². The highest BCUT2D eigenvalue weighted by Gasteiger charge is 2.18. The summed E-state index contributed by atoms with van der Waals surface area (Å²) >= 11 is 0. The number of ketones is 1. The Morgan fingerprint density at radius 1 is 1.07 bits per heavy atom. The monoisotopic (exact) mass is 406 g/mol. The molecule has 2 heterocycles. The number of carbonyl (C=O) groups is 1. The second-order valence-corrected chi connectivity index (χ2v) is 8.52. The normalized spacial score (nSPS) is 11.5. The molecule has 0 unspecified atom stereocenters. The second-order valence-electron chi connectivity index (χ2n) is 6.77. The van der Waals surface area contributed by atoms with Gasteiger partial charge in [0.2, 0.25) is 10.0 Å². The van der Waals surface area contributed by atoms with Crippen LogP contribution in [-0.4, -0.2) is 35.1 Å². The van der Waals surface area contributed by atoms with Crippen LogP contribution >= 0.6 is 0 Å². The predicted octanol–water partition coefficient (Wildman–Crippen LogP) is 3.31. The number of rotatable bonds is 5. The van der Waals surface area contributed by atoms with E-state index in [1.165, 1.54) is 6.20 Å². The SMILES string of the molecule is Cc1ccc(C(=O)c2cnn3c(-c4cccc(NS(C)(=O)=O)c4)ccnc23)cc1. The third-order valence-electron chi connectivity index (χ3n) is 4.42. The van der Waals surface area contributed by atoms with Gasteiger partial charge < -0.3 is 0 Å². The third kappa shape index (κ3) is 3.88. The van der Waals surface area contributed by atoms with Crippen LogP contribution in [0.1, 0.15) is 21.5 Å². The largest absolute Gasteiger partial charge is 0.288 e. The van der Waals surface area contributed by atoms with E-state index in [2.05, 4.69) is 14.8 Å². The molecule has 4 aromatic rings. The summed E-state index contributed by atoms with van der Waals surface area (Å²) < 4.78 is 27.1. The van der Waals surface area contributed by atoms with Crippen molar-refractivity contribution in [1.82, 2.24) is 14.6 Å². The molecule has 0 saturated heterocycles. The van der Waals surface area contributed by atoms with E-state index in [4.69, 9.17) is 0 Å². The predicted molar refractivity (Wildman–Crippen MR) is 112 cm³/mol. The Morgan fingerprint density at radius 3 is 2.55 bits per heavy atom. The zero-order valence-corrected chi connectivity index (χ0v) is 16.6. The maximum Gasteiger partial charge on any atom is 0.229 e. The molecular weight excluding hydrogens is 388 g/mol. The number of nitrogens with zero attached hydrogens (tertiary/aromatic N) is 3. The van der Waals surface area contributed by atoms with E-state index >= 15 is 0 Å². The standard InChI is InChI=1S/C21H18N4O3S/c1-14-6-8-15(9-7-14)20(26)18-13-23-25-19(10-11-22-21(18)25)16-4-3-5-17(12-16)24-29(2,27)28/h3-13,24H,1-2H3. The van der Waals surface area contributed by atoms with Crippen LogP contribution in [0.4, 0.5) is 5.69 Å². The first-order valence-electron chi connectivity index (χ1n) is 8.84. The van der Waals surface area contributed by atoms with E-state index in [1.807, 2.05) is 25.1 Å². The van der Waals surface area contributed by atoms with Gasteiger partial charge in [-0.25, -0.2) is 17.9 Å². The molecule has 1 N–H and O–H groups in total. The van der Waals surface area contributed by atoms with Crippen LogP contribution in [0.2, 0.25) is 0 Å². The van der Waals surface area contributed by atoms with E-state index < -0.39 is 10.0 Å². The molecule has 4 rings (SSSR count). The molecule has 146 valence electrons. The molecule has 0 aliphatic carbocycles. The number of hydrogen-bond donors (Lipinski definition) is 1. The molecule has 0 saturated carbocycles. The number of fused-ring (bicyclic) bond motifs is 1. The Morgan fingerprint density at radius 2 is 1.83 bits per heavy atom. The number of sulfonamides is 1. The molecule has 0 fully saturated rings. The molecule has 29 heavy (non-hydrogen) atoms. The topological polar surface area (TPSA) is 93.4 Å². The fraction of sp³-hybridized carbons (Fsp3) is 0.0952. The van der Waals surface area contributed by atoms with Crippen molar-refractivity contribution in [2.75, 3.05) is 11.0 Å². The van der Waals surface area contributed by atoms with Crippen LogP contribution in [-0.2, 0) is 10.0 Å². The van der Waals surface area contributed by atoms with Gasteiger partial charge in [0.25, 0.3) is 0 Å². The van der Waals surface area contributed by atoms with Crippen LogP contribution in [0.5, 0.6) is 0 Å².